The van der Waals surface area contributed by atoms with Crippen LogP contribution in [-0.4, -0.2) is 24.1 Å². The molecule has 3 saturated carbocycles. The van der Waals surface area contributed by atoms with Crippen LogP contribution in [0.2, 0.25) is 0 Å². The largest absolute Gasteiger partial charge is 0.462 e. The van der Waals surface area contributed by atoms with Crippen molar-refractivity contribution in [1.29, 1.82) is 0 Å². The van der Waals surface area contributed by atoms with E-state index >= 15 is 0 Å². The number of ether oxygens (including phenoxy) is 2. The smallest absolute Gasteiger partial charge is 0.338 e. The fourth-order valence-electron chi connectivity index (χ4n) is 9.83. The van der Waals surface area contributed by atoms with E-state index in [2.05, 4.69) is 40.7 Å². The lowest BCUT2D eigenvalue weighted by atomic mass is 9.46. The van der Waals surface area contributed by atoms with Crippen molar-refractivity contribution in [2.75, 3.05) is 0 Å². The summed E-state index contributed by atoms with van der Waals surface area (Å²) in [6.45, 7) is 13.7. The summed E-state index contributed by atoms with van der Waals surface area (Å²) in [6, 6.07) is 9.45. The zero-order chi connectivity index (χ0) is 28.7. The Balaban J connectivity index is 1.45. The average molecular weight is 549 g/mol. The van der Waals surface area contributed by atoms with Crippen LogP contribution in [0.4, 0.5) is 0 Å². The van der Waals surface area contributed by atoms with Crippen LogP contribution >= 0.6 is 0 Å². The van der Waals surface area contributed by atoms with Crippen LogP contribution in [-0.2, 0) is 14.3 Å². The Morgan fingerprint density at radius 1 is 0.925 bits per heavy atom. The molecule has 0 spiro atoms. The molecule has 0 saturated heterocycles. The van der Waals surface area contributed by atoms with Crippen LogP contribution in [0.5, 0.6) is 0 Å². The van der Waals surface area contributed by atoms with Crippen LogP contribution in [0.3, 0.4) is 0 Å². The minimum Gasteiger partial charge on any atom is -0.462 e. The van der Waals surface area contributed by atoms with Crippen molar-refractivity contribution in [3.05, 3.63) is 47.5 Å². The standard InChI is InChI=1S/C36H52O4/c1-23(2)11-10-12-24(3)29-15-16-30-33-31(18-20-36(29,30)6)35(5)19-17-28(39-25(4)37)21-27(35)22-32(33)40-34(38)26-13-8-7-9-14-26/h7-9,13-14,22-24,28-33H,10-12,15-21H2,1-6H3/t24-,28+,29-,30+,31+,32+,33+,35+,36-/m1/s1. The first kappa shape index (κ1) is 29.4. The van der Waals surface area contributed by atoms with E-state index in [-0.39, 0.29) is 29.6 Å². The maximum atomic E-state index is 13.4. The summed E-state index contributed by atoms with van der Waals surface area (Å²) in [6.07, 6.45) is 13.7. The Hall–Kier alpha value is -2.10. The lowest BCUT2D eigenvalue weighted by Gasteiger charge is -2.59. The van der Waals surface area contributed by atoms with Gasteiger partial charge in [-0.3, -0.25) is 4.79 Å². The van der Waals surface area contributed by atoms with Gasteiger partial charge >= 0.3 is 11.9 Å². The Labute approximate surface area is 242 Å². The molecule has 4 nitrogen and oxygen atoms in total. The second-order valence-corrected chi connectivity index (χ2v) is 14.6. The summed E-state index contributed by atoms with van der Waals surface area (Å²) in [7, 11) is 0. The van der Waals surface area contributed by atoms with Crippen molar-refractivity contribution in [2.45, 2.75) is 118 Å². The third-order valence-electron chi connectivity index (χ3n) is 11.8. The van der Waals surface area contributed by atoms with E-state index < -0.39 is 0 Å². The highest BCUT2D eigenvalue weighted by Gasteiger charge is 2.62. The van der Waals surface area contributed by atoms with Crippen LogP contribution in [0.25, 0.3) is 0 Å². The molecule has 0 unspecified atom stereocenters. The van der Waals surface area contributed by atoms with Gasteiger partial charge in [-0.15, -0.1) is 0 Å². The number of hydrogen-bond acceptors (Lipinski definition) is 4. The topological polar surface area (TPSA) is 52.6 Å². The predicted octanol–water partition coefficient (Wildman–Crippen LogP) is 8.80. The van der Waals surface area contributed by atoms with Gasteiger partial charge in [-0.25, -0.2) is 4.79 Å². The molecule has 0 N–H and O–H groups in total. The predicted molar refractivity (Wildman–Crippen MR) is 160 cm³/mol. The molecule has 5 rings (SSSR count). The summed E-state index contributed by atoms with van der Waals surface area (Å²) in [4.78, 5) is 25.2. The second kappa shape index (κ2) is 11.6. The van der Waals surface area contributed by atoms with Crippen molar-refractivity contribution in [3.8, 4) is 0 Å². The number of carbonyl (C=O) groups is 2. The summed E-state index contributed by atoms with van der Waals surface area (Å²) in [5.74, 6) is 3.23. The van der Waals surface area contributed by atoms with Crippen LogP contribution < -0.4 is 0 Å². The van der Waals surface area contributed by atoms with Crippen LogP contribution in [0, 0.1) is 46.3 Å². The minimum atomic E-state index is -0.225. The van der Waals surface area contributed by atoms with E-state index in [1.165, 1.54) is 57.4 Å². The highest BCUT2D eigenvalue weighted by Crippen LogP contribution is 2.67. The molecule has 0 amide bonds. The van der Waals surface area contributed by atoms with Crippen LogP contribution in [0.1, 0.15) is 116 Å². The molecule has 4 aliphatic carbocycles. The van der Waals surface area contributed by atoms with Gasteiger partial charge in [0.2, 0.25) is 0 Å². The highest BCUT2D eigenvalue weighted by molar-refractivity contribution is 5.89. The Morgan fingerprint density at radius 3 is 2.38 bits per heavy atom. The summed E-state index contributed by atoms with van der Waals surface area (Å²) in [5.41, 5.74) is 2.34. The number of esters is 2. The first-order valence-corrected chi connectivity index (χ1v) is 16.2. The Bertz CT molecular complexity index is 1090. The van der Waals surface area contributed by atoms with Gasteiger partial charge in [0, 0.05) is 19.3 Å². The van der Waals surface area contributed by atoms with Gasteiger partial charge in [0.25, 0.3) is 0 Å². The van der Waals surface area contributed by atoms with Gasteiger partial charge in [0.1, 0.15) is 12.2 Å². The molecule has 1 aromatic carbocycles. The second-order valence-electron chi connectivity index (χ2n) is 14.6. The number of fused-ring (bicyclic) bond motifs is 5. The third-order valence-corrected chi connectivity index (χ3v) is 11.8. The van der Waals surface area contributed by atoms with E-state index in [0.717, 1.165) is 37.0 Å². The fourth-order valence-corrected chi connectivity index (χ4v) is 9.83. The zero-order valence-electron chi connectivity index (χ0n) is 25.8. The molecule has 3 fully saturated rings. The lowest BCUT2D eigenvalue weighted by Crippen LogP contribution is -2.55. The van der Waals surface area contributed by atoms with Crippen molar-refractivity contribution >= 4 is 11.9 Å². The average Bonchev–Trinajstić information content (AvgIpc) is 3.26. The summed E-state index contributed by atoms with van der Waals surface area (Å²) < 4.78 is 12.2. The van der Waals surface area contributed by atoms with E-state index in [0.29, 0.717) is 28.7 Å². The lowest BCUT2D eigenvalue weighted by molar-refractivity contribution is -0.149. The van der Waals surface area contributed by atoms with Gasteiger partial charge in [-0.05, 0) is 97.2 Å². The van der Waals surface area contributed by atoms with Gasteiger partial charge in [-0.1, -0.05) is 77.7 Å². The molecule has 1 aromatic rings. The number of carbonyl (C=O) groups excluding carboxylic acids is 2. The minimum absolute atomic E-state index is 0.0738. The zero-order valence-corrected chi connectivity index (χ0v) is 25.8. The normalized spacial score (nSPS) is 37.5. The fraction of sp³-hybridized carbons (Fsp3) is 0.722. The van der Waals surface area contributed by atoms with Crippen LogP contribution in [0.15, 0.2) is 42.0 Å². The first-order valence-electron chi connectivity index (χ1n) is 16.2. The number of rotatable bonds is 8. The van der Waals surface area contributed by atoms with E-state index in [1.54, 1.807) is 0 Å². The Morgan fingerprint density at radius 2 is 1.68 bits per heavy atom. The maximum absolute atomic E-state index is 13.4. The molecule has 0 radical (unpaired) electrons. The molecule has 0 bridgehead atoms. The third kappa shape index (κ3) is 5.53. The maximum Gasteiger partial charge on any atom is 0.338 e. The molecule has 4 aliphatic rings. The highest BCUT2D eigenvalue weighted by atomic mass is 16.5. The molecule has 0 aliphatic heterocycles. The molecule has 0 aromatic heterocycles. The quantitative estimate of drug-likeness (QED) is 0.241. The van der Waals surface area contributed by atoms with Gasteiger partial charge in [0.05, 0.1) is 5.56 Å². The molecule has 220 valence electrons. The first-order chi connectivity index (χ1) is 19.0. The summed E-state index contributed by atoms with van der Waals surface area (Å²) >= 11 is 0. The Kier molecular flexibility index (Phi) is 8.56. The monoisotopic (exact) mass is 548 g/mol. The molecule has 4 heteroatoms. The van der Waals surface area contributed by atoms with Gasteiger partial charge in [0.15, 0.2) is 0 Å². The van der Waals surface area contributed by atoms with Crippen molar-refractivity contribution in [1.82, 2.24) is 0 Å². The van der Waals surface area contributed by atoms with Crippen molar-refractivity contribution < 1.29 is 19.1 Å². The molecule has 40 heavy (non-hydrogen) atoms. The molecular weight excluding hydrogens is 496 g/mol. The number of benzene rings is 1. The number of hydrogen-bond donors (Lipinski definition) is 0. The van der Waals surface area contributed by atoms with Crippen molar-refractivity contribution in [3.63, 3.8) is 0 Å². The van der Waals surface area contributed by atoms with Gasteiger partial charge in [-0.2, -0.15) is 0 Å². The SMILES string of the molecule is CC(=O)O[C@H]1CC[C@@]2(C)C(=C[C@H](OC(=O)c3ccccc3)[C@H]3[C@@H]4CC[C@H]([C@H](C)CCCC(C)C)[C@@]4(C)CC[C@@H]32)C1. The summed E-state index contributed by atoms with van der Waals surface area (Å²) in [5, 5.41) is 0. The van der Waals surface area contributed by atoms with Crippen molar-refractivity contribution in [2.24, 2.45) is 46.3 Å². The molecule has 0 heterocycles. The van der Waals surface area contributed by atoms with Gasteiger partial charge < -0.3 is 9.47 Å². The molecular formula is C36H52O4. The molecule has 9 atom stereocenters. The van der Waals surface area contributed by atoms with E-state index in [1.807, 2.05) is 30.3 Å². The van der Waals surface area contributed by atoms with E-state index in [9.17, 15) is 9.59 Å². The van der Waals surface area contributed by atoms with E-state index in [4.69, 9.17) is 9.47 Å².